The molecule has 0 aliphatic rings. The molecular weight excluding hydrogens is 392 g/mol. The number of hydrogen-bond donors (Lipinski definition) is 2. The summed E-state index contributed by atoms with van der Waals surface area (Å²) in [6.07, 6.45) is -4.08. The molecule has 142 valence electrons. The van der Waals surface area contributed by atoms with Crippen LogP contribution < -0.4 is 10.6 Å². The average Bonchev–Trinajstić information content (AvgIpc) is 3.05. The molecule has 1 aromatic heterocycles. The Labute approximate surface area is 157 Å². The molecular formula is C16H17ClF4N4S. The molecule has 26 heavy (non-hydrogen) atoms. The van der Waals surface area contributed by atoms with E-state index >= 15 is 0 Å². The minimum Gasteiger partial charge on any atom is -0.357 e. The number of aromatic nitrogens is 1. The van der Waals surface area contributed by atoms with Crippen LogP contribution in [0.5, 0.6) is 0 Å². The van der Waals surface area contributed by atoms with Crippen molar-refractivity contribution in [3.63, 3.8) is 0 Å². The van der Waals surface area contributed by atoms with Crippen LogP contribution in [0.3, 0.4) is 0 Å². The third-order valence-corrected chi connectivity index (χ3v) is 4.42. The van der Waals surface area contributed by atoms with Gasteiger partial charge in [-0.05, 0) is 24.6 Å². The van der Waals surface area contributed by atoms with E-state index < -0.39 is 17.7 Å². The molecule has 0 fully saturated rings. The van der Waals surface area contributed by atoms with Crippen LogP contribution in [0.1, 0.15) is 23.2 Å². The van der Waals surface area contributed by atoms with Crippen molar-refractivity contribution < 1.29 is 17.6 Å². The van der Waals surface area contributed by atoms with Gasteiger partial charge in [-0.3, -0.25) is 0 Å². The highest BCUT2D eigenvalue weighted by molar-refractivity contribution is 7.09. The Morgan fingerprint density at radius 3 is 2.69 bits per heavy atom. The molecule has 0 saturated carbocycles. The van der Waals surface area contributed by atoms with Gasteiger partial charge in [0, 0.05) is 24.9 Å². The number of aliphatic imine (C=N–C) groups is 1. The van der Waals surface area contributed by atoms with E-state index in [0.29, 0.717) is 30.5 Å². The lowest BCUT2D eigenvalue weighted by Gasteiger charge is -2.10. The van der Waals surface area contributed by atoms with Gasteiger partial charge in [-0.15, -0.1) is 11.3 Å². The van der Waals surface area contributed by atoms with Gasteiger partial charge >= 0.3 is 6.18 Å². The Morgan fingerprint density at radius 1 is 1.31 bits per heavy atom. The predicted molar refractivity (Wildman–Crippen MR) is 95.0 cm³/mol. The average molecular weight is 409 g/mol. The lowest BCUT2D eigenvalue weighted by Crippen LogP contribution is -2.38. The lowest BCUT2D eigenvalue weighted by atomic mass is 10.2. The molecule has 1 aromatic carbocycles. The third kappa shape index (κ3) is 6.14. The number of alkyl halides is 3. The molecule has 0 atom stereocenters. The zero-order chi connectivity index (χ0) is 19.2. The van der Waals surface area contributed by atoms with Gasteiger partial charge in [0.2, 0.25) is 0 Å². The minimum absolute atomic E-state index is 0.0277. The first-order valence-electron chi connectivity index (χ1n) is 7.77. The maximum absolute atomic E-state index is 13.2. The number of nitrogens with one attached hydrogen (secondary N) is 2. The topological polar surface area (TPSA) is 49.3 Å². The van der Waals surface area contributed by atoms with Crippen molar-refractivity contribution in [2.24, 2.45) is 4.99 Å². The Balaban J connectivity index is 1.90. The van der Waals surface area contributed by atoms with Crippen LogP contribution in [-0.4, -0.2) is 24.0 Å². The van der Waals surface area contributed by atoms with Crippen LogP contribution >= 0.6 is 22.9 Å². The van der Waals surface area contributed by atoms with E-state index in [-0.39, 0.29) is 11.6 Å². The summed E-state index contributed by atoms with van der Waals surface area (Å²) < 4.78 is 50.8. The van der Waals surface area contributed by atoms with Crippen molar-refractivity contribution in [3.8, 4) is 0 Å². The summed E-state index contributed by atoms with van der Waals surface area (Å²) in [4.78, 5) is 7.93. The van der Waals surface area contributed by atoms with Gasteiger partial charge in [0.1, 0.15) is 5.82 Å². The molecule has 10 heteroatoms. The van der Waals surface area contributed by atoms with Gasteiger partial charge in [-0.25, -0.2) is 14.4 Å². The van der Waals surface area contributed by atoms with Crippen LogP contribution in [-0.2, 0) is 19.1 Å². The fourth-order valence-corrected chi connectivity index (χ4v) is 3.00. The summed E-state index contributed by atoms with van der Waals surface area (Å²) in [5, 5.41) is 7.49. The SMILES string of the molecule is CCNC(=NCc1ccc(F)c(Cl)c1)NCCc1nc(C(F)(F)F)cs1. The number of thiazole rings is 1. The molecule has 0 spiro atoms. The fraction of sp³-hybridized carbons (Fsp3) is 0.375. The molecule has 0 radical (unpaired) electrons. The summed E-state index contributed by atoms with van der Waals surface area (Å²) in [5.41, 5.74) is -0.130. The quantitative estimate of drug-likeness (QED) is 0.427. The van der Waals surface area contributed by atoms with Crippen molar-refractivity contribution in [2.75, 3.05) is 13.1 Å². The number of rotatable bonds is 6. The second-order valence-electron chi connectivity index (χ2n) is 5.24. The van der Waals surface area contributed by atoms with Crippen molar-refractivity contribution in [1.82, 2.24) is 15.6 Å². The smallest absolute Gasteiger partial charge is 0.357 e. The fourth-order valence-electron chi connectivity index (χ4n) is 1.99. The highest BCUT2D eigenvalue weighted by Crippen LogP contribution is 2.30. The first-order valence-corrected chi connectivity index (χ1v) is 9.03. The Kier molecular flexibility index (Phi) is 7.22. The second-order valence-corrected chi connectivity index (χ2v) is 6.59. The predicted octanol–water partition coefficient (Wildman–Crippen LogP) is 4.25. The van der Waals surface area contributed by atoms with Crippen LogP contribution in [0.25, 0.3) is 0 Å². The van der Waals surface area contributed by atoms with Gasteiger partial charge in [0.25, 0.3) is 0 Å². The van der Waals surface area contributed by atoms with Crippen LogP contribution in [0, 0.1) is 5.82 Å². The number of halogens is 5. The Bertz CT molecular complexity index is 761. The third-order valence-electron chi connectivity index (χ3n) is 3.22. The van der Waals surface area contributed by atoms with Crippen LogP contribution in [0.4, 0.5) is 17.6 Å². The Morgan fingerprint density at radius 2 is 2.08 bits per heavy atom. The van der Waals surface area contributed by atoms with Gasteiger partial charge in [0.15, 0.2) is 11.7 Å². The van der Waals surface area contributed by atoms with Gasteiger partial charge in [-0.1, -0.05) is 17.7 Å². The second kappa shape index (κ2) is 9.18. The highest BCUT2D eigenvalue weighted by atomic mass is 35.5. The minimum atomic E-state index is -4.42. The van der Waals surface area contributed by atoms with E-state index in [1.165, 1.54) is 12.1 Å². The normalized spacial score (nSPS) is 12.3. The van der Waals surface area contributed by atoms with Crippen LogP contribution in [0.15, 0.2) is 28.6 Å². The molecule has 0 bridgehead atoms. The maximum atomic E-state index is 13.2. The first-order chi connectivity index (χ1) is 12.3. The van der Waals surface area contributed by atoms with E-state index in [2.05, 4.69) is 20.6 Å². The number of hydrogen-bond acceptors (Lipinski definition) is 3. The lowest BCUT2D eigenvalue weighted by molar-refractivity contribution is -0.140. The van der Waals surface area contributed by atoms with Gasteiger partial charge in [0.05, 0.1) is 16.6 Å². The van der Waals surface area contributed by atoms with Crippen molar-refractivity contribution in [3.05, 3.63) is 50.7 Å². The van der Waals surface area contributed by atoms with Gasteiger partial charge < -0.3 is 10.6 Å². The number of nitrogens with zero attached hydrogens (tertiary/aromatic N) is 2. The van der Waals surface area contributed by atoms with Crippen molar-refractivity contribution >= 4 is 28.9 Å². The highest BCUT2D eigenvalue weighted by Gasteiger charge is 2.33. The molecule has 2 rings (SSSR count). The number of guanidine groups is 1. The molecule has 0 aliphatic heterocycles. The zero-order valence-electron chi connectivity index (χ0n) is 13.8. The molecule has 0 aliphatic carbocycles. The van der Waals surface area contributed by atoms with Crippen molar-refractivity contribution in [2.45, 2.75) is 26.1 Å². The maximum Gasteiger partial charge on any atom is 0.434 e. The molecule has 2 N–H and O–H groups in total. The van der Waals surface area contributed by atoms with E-state index in [1.807, 2.05) is 6.92 Å². The molecule has 0 amide bonds. The standard InChI is InChI=1S/C16H17ClF4N4S/c1-2-22-15(24-8-10-3-4-12(18)11(17)7-10)23-6-5-14-25-13(9-26-14)16(19,20)21/h3-4,7,9H,2,5-6,8H2,1H3,(H2,22,23,24). The molecule has 2 aromatic rings. The monoisotopic (exact) mass is 408 g/mol. The number of benzene rings is 1. The van der Waals surface area contributed by atoms with E-state index in [1.54, 1.807) is 6.07 Å². The summed E-state index contributed by atoms with van der Waals surface area (Å²) in [6.45, 7) is 3.17. The zero-order valence-corrected chi connectivity index (χ0v) is 15.4. The van der Waals surface area contributed by atoms with Crippen molar-refractivity contribution in [1.29, 1.82) is 0 Å². The summed E-state index contributed by atoms with van der Waals surface area (Å²) in [5.74, 6) is 0.00616. The summed E-state index contributed by atoms with van der Waals surface area (Å²) in [6, 6.07) is 4.36. The van der Waals surface area contributed by atoms with Gasteiger partial charge in [-0.2, -0.15) is 13.2 Å². The van der Waals surface area contributed by atoms with E-state index in [0.717, 1.165) is 22.3 Å². The first kappa shape index (κ1) is 20.4. The van der Waals surface area contributed by atoms with Crippen LogP contribution in [0.2, 0.25) is 5.02 Å². The van der Waals surface area contributed by atoms with E-state index in [4.69, 9.17) is 11.6 Å². The summed E-state index contributed by atoms with van der Waals surface area (Å²) >= 11 is 6.71. The molecule has 1 heterocycles. The largest absolute Gasteiger partial charge is 0.434 e. The molecule has 4 nitrogen and oxygen atoms in total. The Hall–Kier alpha value is -1.87. The molecule has 0 saturated heterocycles. The summed E-state index contributed by atoms with van der Waals surface area (Å²) in [7, 11) is 0. The molecule has 0 unspecified atom stereocenters. The van der Waals surface area contributed by atoms with E-state index in [9.17, 15) is 17.6 Å².